The standard InChI is InChI=1S/C28H29N3O3/c1-21-9-6-7-13-24(21)28(17-25(32)30(2)16-14-22-10-4-3-5-11-22)18-26(33)31(27(28)34)20-23-12-8-15-29-19-23/h3-13,15,19H,14,16-18,20H2,1-2H3. The van der Waals surface area contributed by atoms with Crippen LogP contribution in [0.2, 0.25) is 0 Å². The van der Waals surface area contributed by atoms with Gasteiger partial charge in [-0.25, -0.2) is 0 Å². The summed E-state index contributed by atoms with van der Waals surface area (Å²) in [7, 11) is 1.76. The van der Waals surface area contributed by atoms with Crippen molar-refractivity contribution in [1.82, 2.24) is 14.8 Å². The van der Waals surface area contributed by atoms with Gasteiger partial charge < -0.3 is 4.90 Å². The van der Waals surface area contributed by atoms with Gasteiger partial charge in [0.05, 0.1) is 12.0 Å². The minimum Gasteiger partial charge on any atom is -0.345 e. The van der Waals surface area contributed by atoms with Crippen LogP contribution in [0, 0.1) is 6.92 Å². The number of carbonyl (C=O) groups excluding carboxylic acids is 3. The van der Waals surface area contributed by atoms with E-state index in [0.29, 0.717) is 6.54 Å². The molecule has 0 radical (unpaired) electrons. The molecular weight excluding hydrogens is 426 g/mol. The molecule has 3 amide bonds. The van der Waals surface area contributed by atoms with Crippen molar-refractivity contribution in [1.29, 1.82) is 0 Å². The lowest BCUT2D eigenvalue weighted by atomic mass is 9.74. The molecule has 1 atom stereocenters. The molecule has 1 saturated heterocycles. The number of imide groups is 1. The highest BCUT2D eigenvalue weighted by atomic mass is 16.2. The Kier molecular flexibility index (Phi) is 6.87. The summed E-state index contributed by atoms with van der Waals surface area (Å²) in [5.74, 6) is -0.735. The number of nitrogens with zero attached hydrogens (tertiary/aromatic N) is 3. The smallest absolute Gasteiger partial charge is 0.241 e. The van der Waals surface area contributed by atoms with Gasteiger partial charge in [0.2, 0.25) is 17.7 Å². The van der Waals surface area contributed by atoms with Gasteiger partial charge in [-0.15, -0.1) is 0 Å². The maximum atomic E-state index is 13.8. The Bertz CT molecular complexity index is 1180. The van der Waals surface area contributed by atoms with Crippen LogP contribution in [0.3, 0.4) is 0 Å². The highest BCUT2D eigenvalue weighted by Gasteiger charge is 2.54. The van der Waals surface area contributed by atoms with E-state index in [0.717, 1.165) is 28.7 Å². The second-order valence-electron chi connectivity index (χ2n) is 8.95. The molecule has 6 nitrogen and oxygen atoms in total. The predicted octanol–water partition coefficient (Wildman–Crippen LogP) is 3.68. The maximum absolute atomic E-state index is 13.8. The highest BCUT2D eigenvalue weighted by molar-refractivity contribution is 6.10. The van der Waals surface area contributed by atoms with Crippen LogP contribution in [0.25, 0.3) is 0 Å². The van der Waals surface area contributed by atoms with Crippen molar-refractivity contribution < 1.29 is 14.4 Å². The Morgan fingerprint density at radius 2 is 1.71 bits per heavy atom. The molecule has 174 valence electrons. The first-order chi connectivity index (χ1) is 16.4. The van der Waals surface area contributed by atoms with Crippen molar-refractivity contribution in [3.05, 3.63) is 101 Å². The van der Waals surface area contributed by atoms with Crippen molar-refractivity contribution >= 4 is 17.7 Å². The van der Waals surface area contributed by atoms with Gasteiger partial charge in [0.25, 0.3) is 0 Å². The molecule has 1 aliphatic rings. The number of benzene rings is 2. The third-order valence-corrected chi connectivity index (χ3v) is 6.59. The summed E-state index contributed by atoms with van der Waals surface area (Å²) in [5.41, 5.74) is 2.35. The largest absolute Gasteiger partial charge is 0.345 e. The number of aryl methyl sites for hydroxylation is 1. The molecule has 2 aromatic carbocycles. The van der Waals surface area contributed by atoms with Gasteiger partial charge in [-0.05, 0) is 41.7 Å². The van der Waals surface area contributed by atoms with Gasteiger partial charge in [0, 0.05) is 38.8 Å². The Morgan fingerprint density at radius 3 is 2.41 bits per heavy atom. The second kappa shape index (κ2) is 10.00. The molecule has 0 bridgehead atoms. The van der Waals surface area contributed by atoms with Gasteiger partial charge in [0.1, 0.15) is 0 Å². The highest BCUT2D eigenvalue weighted by Crippen LogP contribution is 2.42. The molecule has 6 heteroatoms. The first-order valence-electron chi connectivity index (χ1n) is 11.5. The van der Waals surface area contributed by atoms with E-state index in [-0.39, 0.29) is 37.1 Å². The molecule has 0 N–H and O–H groups in total. The van der Waals surface area contributed by atoms with E-state index in [1.807, 2.05) is 67.6 Å². The van der Waals surface area contributed by atoms with E-state index in [2.05, 4.69) is 4.98 Å². The Morgan fingerprint density at radius 1 is 1.00 bits per heavy atom. The third kappa shape index (κ3) is 4.76. The normalized spacial score (nSPS) is 17.8. The molecule has 2 heterocycles. The zero-order chi connectivity index (χ0) is 24.1. The first-order valence-corrected chi connectivity index (χ1v) is 11.5. The van der Waals surface area contributed by atoms with E-state index in [4.69, 9.17) is 0 Å². The number of aromatic nitrogens is 1. The zero-order valence-corrected chi connectivity index (χ0v) is 19.6. The number of likely N-dealkylation sites (N-methyl/N-ethyl adjacent to an activating group) is 1. The molecule has 0 aliphatic carbocycles. The third-order valence-electron chi connectivity index (χ3n) is 6.59. The lowest BCUT2D eigenvalue weighted by Crippen LogP contribution is -2.43. The molecule has 0 saturated carbocycles. The summed E-state index contributed by atoms with van der Waals surface area (Å²) < 4.78 is 0. The number of amides is 3. The average Bonchev–Trinajstić information content (AvgIpc) is 3.08. The summed E-state index contributed by atoms with van der Waals surface area (Å²) in [6.07, 6.45) is 3.96. The number of hydrogen-bond acceptors (Lipinski definition) is 4. The SMILES string of the molecule is Cc1ccccc1C1(CC(=O)N(C)CCc2ccccc2)CC(=O)N(Cc2cccnc2)C1=O. The summed E-state index contributed by atoms with van der Waals surface area (Å²) in [6, 6.07) is 21.1. The number of likely N-dealkylation sites (tertiary alicyclic amines) is 1. The van der Waals surface area contributed by atoms with Crippen molar-refractivity contribution in [3.63, 3.8) is 0 Å². The van der Waals surface area contributed by atoms with Crippen LogP contribution in [-0.4, -0.2) is 46.1 Å². The molecule has 1 fully saturated rings. The maximum Gasteiger partial charge on any atom is 0.241 e. The molecule has 1 aliphatic heterocycles. The molecule has 0 spiro atoms. The van der Waals surface area contributed by atoms with Gasteiger partial charge in [0.15, 0.2) is 0 Å². The molecule has 4 rings (SSSR count). The summed E-state index contributed by atoms with van der Waals surface area (Å²) >= 11 is 0. The number of pyridine rings is 1. The van der Waals surface area contributed by atoms with Crippen LogP contribution < -0.4 is 0 Å². The van der Waals surface area contributed by atoms with E-state index in [1.165, 1.54) is 4.90 Å². The van der Waals surface area contributed by atoms with Crippen molar-refractivity contribution in [3.8, 4) is 0 Å². The first kappa shape index (κ1) is 23.4. The Hall–Kier alpha value is -3.80. The van der Waals surface area contributed by atoms with Crippen LogP contribution in [0.4, 0.5) is 0 Å². The molecule has 34 heavy (non-hydrogen) atoms. The Labute approximate surface area is 200 Å². The molecule has 1 unspecified atom stereocenters. The average molecular weight is 456 g/mol. The second-order valence-corrected chi connectivity index (χ2v) is 8.95. The molecule has 3 aromatic rings. The monoisotopic (exact) mass is 455 g/mol. The summed E-state index contributed by atoms with van der Waals surface area (Å²) in [4.78, 5) is 47.4. The summed E-state index contributed by atoms with van der Waals surface area (Å²) in [5, 5.41) is 0. The van der Waals surface area contributed by atoms with Crippen LogP contribution in [0.15, 0.2) is 79.1 Å². The van der Waals surface area contributed by atoms with Gasteiger partial charge in [-0.2, -0.15) is 0 Å². The quantitative estimate of drug-likeness (QED) is 0.486. The van der Waals surface area contributed by atoms with Crippen LogP contribution in [0.5, 0.6) is 0 Å². The molecule has 1 aromatic heterocycles. The minimum absolute atomic E-state index is 0.0186. The van der Waals surface area contributed by atoms with Crippen molar-refractivity contribution in [2.45, 2.75) is 38.1 Å². The fourth-order valence-corrected chi connectivity index (χ4v) is 4.65. The zero-order valence-electron chi connectivity index (χ0n) is 19.6. The topological polar surface area (TPSA) is 70.6 Å². The van der Waals surface area contributed by atoms with E-state index < -0.39 is 5.41 Å². The summed E-state index contributed by atoms with van der Waals surface area (Å²) in [6.45, 7) is 2.60. The minimum atomic E-state index is -1.21. The Balaban J connectivity index is 1.59. The van der Waals surface area contributed by atoms with Crippen LogP contribution >= 0.6 is 0 Å². The fraction of sp³-hybridized carbons (Fsp3) is 0.286. The predicted molar refractivity (Wildman–Crippen MR) is 130 cm³/mol. The van der Waals surface area contributed by atoms with Gasteiger partial charge in [-0.3, -0.25) is 24.3 Å². The number of hydrogen-bond donors (Lipinski definition) is 0. The fourth-order valence-electron chi connectivity index (χ4n) is 4.65. The van der Waals surface area contributed by atoms with Gasteiger partial charge in [-0.1, -0.05) is 60.7 Å². The van der Waals surface area contributed by atoms with Crippen molar-refractivity contribution in [2.75, 3.05) is 13.6 Å². The number of carbonyl (C=O) groups is 3. The van der Waals surface area contributed by atoms with E-state index >= 15 is 0 Å². The lowest BCUT2D eigenvalue weighted by Gasteiger charge is -2.30. The van der Waals surface area contributed by atoms with E-state index in [1.54, 1.807) is 30.4 Å². The van der Waals surface area contributed by atoms with Crippen molar-refractivity contribution in [2.24, 2.45) is 0 Å². The lowest BCUT2D eigenvalue weighted by molar-refractivity contribution is -0.143. The van der Waals surface area contributed by atoms with Crippen LogP contribution in [0.1, 0.15) is 35.1 Å². The number of rotatable bonds is 8. The van der Waals surface area contributed by atoms with Crippen LogP contribution in [-0.2, 0) is 32.8 Å². The van der Waals surface area contributed by atoms with E-state index in [9.17, 15) is 14.4 Å². The molecular formula is C28H29N3O3. The van der Waals surface area contributed by atoms with Gasteiger partial charge >= 0.3 is 0 Å².